The van der Waals surface area contributed by atoms with E-state index in [9.17, 15) is 0 Å². The second-order valence-electron chi connectivity index (χ2n) is 1.91. The predicted octanol–water partition coefficient (Wildman–Crippen LogP) is 1.83. The molecule has 1 aromatic carbocycles. The number of halogens is 1. The molecule has 10 heavy (non-hydrogen) atoms. The zero-order valence-corrected chi connectivity index (χ0v) is 6.53. The van der Waals surface area contributed by atoms with E-state index in [0.717, 1.165) is 6.54 Å². The topological polar surface area (TPSA) is 12.0 Å². The Morgan fingerprint density at radius 1 is 1.40 bits per heavy atom. The smallest absolute Gasteiger partial charge is 0.0391 e. The molecule has 0 fully saturated rings. The number of benzene rings is 1. The summed E-state index contributed by atoms with van der Waals surface area (Å²) in [5.41, 5.74) is 1.23. The van der Waals surface area contributed by atoms with E-state index < -0.39 is 0 Å². The van der Waals surface area contributed by atoms with Gasteiger partial charge in [-0.3, -0.25) is 0 Å². The van der Waals surface area contributed by atoms with Crippen LogP contribution in [0.4, 0.5) is 0 Å². The molecule has 56 valence electrons. The van der Waals surface area contributed by atoms with Crippen LogP contribution in [0.15, 0.2) is 30.3 Å². The summed E-state index contributed by atoms with van der Waals surface area (Å²) < 4.78 is 6.84. The van der Waals surface area contributed by atoms with Crippen molar-refractivity contribution in [1.29, 1.82) is 0 Å². The van der Waals surface area contributed by atoms with E-state index >= 15 is 0 Å². The van der Waals surface area contributed by atoms with Crippen molar-refractivity contribution in [3.05, 3.63) is 35.9 Å². The first-order valence-corrected chi connectivity index (χ1v) is 2.97. The molecule has 0 aromatic heterocycles. The summed E-state index contributed by atoms with van der Waals surface area (Å²) >= 11 is 0. The van der Waals surface area contributed by atoms with Crippen LogP contribution in [-0.2, 0) is 6.54 Å². The molecule has 0 bridgehead atoms. The molecule has 1 nitrogen and oxygen atoms in total. The molecule has 0 atom stereocenters. The lowest BCUT2D eigenvalue weighted by molar-refractivity contribution is 0.818. The van der Waals surface area contributed by atoms with Crippen LogP contribution in [0.2, 0.25) is 0 Å². The second kappa shape index (κ2) is 5.27. The Labute approximate surface area is 69.3 Å². The minimum Gasteiger partial charge on any atom is -0.316 e. The number of rotatable bonds is 2. The van der Waals surface area contributed by atoms with Gasteiger partial charge in [-0.15, -0.1) is 12.4 Å². The number of hydrogen-bond acceptors (Lipinski definition) is 1. The third-order valence-electron chi connectivity index (χ3n) is 1.17. The van der Waals surface area contributed by atoms with E-state index in [1.807, 2.05) is 30.3 Å². The fourth-order valence-corrected chi connectivity index (χ4v) is 0.740. The molecule has 0 heterocycles. The van der Waals surface area contributed by atoms with Crippen molar-refractivity contribution < 1.29 is 1.37 Å². The van der Waals surface area contributed by atoms with Gasteiger partial charge in [-0.05, 0) is 12.6 Å². The summed E-state index contributed by atoms with van der Waals surface area (Å²) in [6.07, 6.45) is 0. The van der Waals surface area contributed by atoms with Gasteiger partial charge >= 0.3 is 0 Å². The van der Waals surface area contributed by atoms with Gasteiger partial charge in [-0.1, -0.05) is 30.3 Å². The quantitative estimate of drug-likeness (QED) is 0.693. The summed E-state index contributed by atoms with van der Waals surface area (Å²) in [5, 5.41) is 2.93. The van der Waals surface area contributed by atoms with Crippen LogP contribution in [-0.4, -0.2) is 7.02 Å². The molecule has 0 saturated carbocycles. The van der Waals surface area contributed by atoms with Crippen molar-refractivity contribution in [2.24, 2.45) is 0 Å². The predicted molar refractivity (Wildman–Crippen MR) is 46.5 cm³/mol. The van der Waals surface area contributed by atoms with Gasteiger partial charge in [0.1, 0.15) is 0 Å². The average molecular weight is 159 g/mol. The lowest BCUT2D eigenvalue weighted by Gasteiger charge is -1.95. The minimum atomic E-state index is 0. The molecule has 0 unspecified atom stereocenters. The molecular weight excluding hydrogens is 146 g/mol. The van der Waals surface area contributed by atoms with Gasteiger partial charge in [-0.2, -0.15) is 0 Å². The fourth-order valence-electron chi connectivity index (χ4n) is 0.740. The highest BCUT2D eigenvalue weighted by Crippen LogP contribution is 1.95. The Bertz CT molecular complexity index is 179. The van der Waals surface area contributed by atoms with E-state index in [4.69, 9.17) is 1.37 Å². The van der Waals surface area contributed by atoms with Crippen LogP contribution in [0, 0.1) is 0 Å². The lowest BCUT2D eigenvalue weighted by atomic mass is 10.2. The molecule has 1 aromatic rings. The van der Waals surface area contributed by atoms with Gasteiger partial charge in [0.25, 0.3) is 0 Å². The molecule has 0 saturated heterocycles. The molecular formula is C8H12ClN. The lowest BCUT2D eigenvalue weighted by Crippen LogP contribution is -2.04. The van der Waals surface area contributed by atoms with Crippen LogP contribution < -0.4 is 5.32 Å². The van der Waals surface area contributed by atoms with E-state index in [1.165, 1.54) is 5.56 Å². The maximum atomic E-state index is 6.84. The van der Waals surface area contributed by atoms with Gasteiger partial charge in [0.05, 0.1) is 0 Å². The van der Waals surface area contributed by atoms with E-state index in [2.05, 4.69) is 5.32 Å². The maximum absolute atomic E-state index is 6.84. The van der Waals surface area contributed by atoms with Gasteiger partial charge in [-0.25, -0.2) is 0 Å². The van der Waals surface area contributed by atoms with E-state index in [-0.39, 0.29) is 19.4 Å². The largest absolute Gasteiger partial charge is 0.316 e. The molecule has 1 N–H and O–H groups in total. The zero-order chi connectivity index (χ0) is 7.23. The first-order valence-electron chi connectivity index (χ1n) is 3.68. The van der Waals surface area contributed by atoms with Gasteiger partial charge in [0.15, 0.2) is 0 Å². The molecule has 0 radical (unpaired) electrons. The van der Waals surface area contributed by atoms with Gasteiger partial charge < -0.3 is 5.32 Å². The van der Waals surface area contributed by atoms with Gasteiger partial charge in [0, 0.05) is 7.92 Å². The van der Waals surface area contributed by atoms with Crippen LogP contribution in [0.1, 0.15) is 6.93 Å². The minimum absolute atomic E-state index is 0. The molecule has 0 spiro atoms. The maximum Gasteiger partial charge on any atom is 0.0391 e. The average Bonchev–Trinajstić information content (AvgIpc) is 2.03. The standard InChI is InChI=1S/C8H11N.ClH/c1-9-7-8-5-3-2-4-6-8;/h2-6,9H,7H2,1H3;1H/i1D;. The number of nitrogens with one attached hydrogen (secondary N) is 1. The SMILES string of the molecule is Cl.[2H]CNCc1ccccc1. The first kappa shape index (κ1) is 7.58. The molecule has 0 aliphatic carbocycles. The molecule has 1 rings (SSSR count). The Kier molecular flexibility index (Phi) is 3.99. The Hall–Kier alpha value is -0.530. The van der Waals surface area contributed by atoms with Crippen molar-refractivity contribution >= 4 is 12.4 Å². The van der Waals surface area contributed by atoms with Crippen molar-refractivity contribution in [2.75, 3.05) is 7.02 Å². The third-order valence-corrected chi connectivity index (χ3v) is 1.17. The molecule has 0 aliphatic heterocycles. The van der Waals surface area contributed by atoms with Crippen molar-refractivity contribution in [1.82, 2.24) is 5.32 Å². The van der Waals surface area contributed by atoms with Crippen LogP contribution in [0.5, 0.6) is 0 Å². The summed E-state index contributed by atoms with van der Waals surface area (Å²) in [6.45, 7) is 0.796. The zero-order valence-electron chi connectivity index (χ0n) is 6.71. The summed E-state index contributed by atoms with van der Waals surface area (Å²) in [7, 11) is 0.287. The van der Waals surface area contributed by atoms with Crippen LogP contribution in [0.3, 0.4) is 0 Å². The van der Waals surface area contributed by atoms with Crippen LogP contribution in [0.25, 0.3) is 0 Å². The fraction of sp³-hybridized carbons (Fsp3) is 0.250. The highest BCUT2D eigenvalue weighted by Gasteiger charge is 1.83. The van der Waals surface area contributed by atoms with Crippen molar-refractivity contribution in [2.45, 2.75) is 6.54 Å². The Balaban J connectivity index is 0.000001000. The second-order valence-corrected chi connectivity index (χ2v) is 1.91. The summed E-state index contributed by atoms with van der Waals surface area (Å²) in [5.74, 6) is 0. The highest BCUT2D eigenvalue weighted by molar-refractivity contribution is 5.85. The van der Waals surface area contributed by atoms with E-state index in [1.54, 1.807) is 0 Å². The van der Waals surface area contributed by atoms with Crippen molar-refractivity contribution in [3.8, 4) is 0 Å². The monoisotopic (exact) mass is 158 g/mol. The van der Waals surface area contributed by atoms with Crippen LogP contribution >= 0.6 is 12.4 Å². The van der Waals surface area contributed by atoms with Crippen molar-refractivity contribution in [3.63, 3.8) is 0 Å². The van der Waals surface area contributed by atoms with Gasteiger partial charge in [0.2, 0.25) is 0 Å². The Morgan fingerprint density at radius 3 is 2.70 bits per heavy atom. The summed E-state index contributed by atoms with van der Waals surface area (Å²) in [6, 6.07) is 10.1. The molecule has 0 amide bonds. The Morgan fingerprint density at radius 2 is 2.10 bits per heavy atom. The highest BCUT2D eigenvalue weighted by atomic mass is 35.5. The third kappa shape index (κ3) is 2.85. The first-order chi connectivity index (χ1) is 4.93. The molecule has 2 heteroatoms. The summed E-state index contributed by atoms with van der Waals surface area (Å²) in [4.78, 5) is 0. The van der Waals surface area contributed by atoms with E-state index in [0.29, 0.717) is 0 Å². The number of hydrogen-bond donors (Lipinski definition) is 1. The normalized spacial score (nSPS) is 9.80. The molecule has 0 aliphatic rings.